The molecule has 0 aliphatic carbocycles. The summed E-state index contributed by atoms with van der Waals surface area (Å²) in [5, 5.41) is 16.0. The number of methoxy groups -OCH3 is 1. The van der Waals surface area contributed by atoms with Gasteiger partial charge in [0.05, 0.1) is 0 Å². The fourth-order valence-corrected chi connectivity index (χ4v) is 0.591. The van der Waals surface area contributed by atoms with E-state index in [1.54, 1.807) is 12.1 Å². The predicted octanol–water partition coefficient (Wildman–Crippen LogP) is 3.14. The number of hydrogen-bond acceptors (Lipinski definition) is 4. The maximum absolute atomic E-state index is 8.30. The van der Waals surface area contributed by atoms with Crippen LogP contribution >= 0.6 is 0 Å². The van der Waals surface area contributed by atoms with Crippen LogP contribution in [0, 0.1) is 0 Å². The van der Waals surface area contributed by atoms with Crippen LogP contribution in [0.15, 0.2) is 30.3 Å². The van der Waals surface area contributed by atoms with Crippen molar-refractivity contribution in [2.75, 3.05) is 20.7 Å². The van der Waals surface area contributed by atoms with E-state index in [-0.39, 0.29) is 43.3 Å². The Hall–Kier alpha value is -1.10. The van der Waals surface area contributed by atoms with Crippen molar-refractivity contribution in [2.24, 2.45) is 0 Å². The van der Waals surface area contributed by atoms with E-state index < -0.39 is 0 Å². The fraction of sp³-hybridized carbons (Fsp3) is 0.538. The third-order valence-corrected chi connectivity index (χ3v) is 1.10. The Morgan fingerprint density at radius 3 is 1.59 bits per heavy atom. The maximum atomic E-state index is 8.30. The zero-order valence-corrected chi connectivity index (χ0v) is 7.51. The van der Waals surface area contributed by atoms with Crippen molar-refractivity contribution < 1.29 is 19.7 Å². The zero-order valence-electron chi connectivity index (χ0n) is 7.51. The molecule has 0 aliphatic heterocycles. The van der Waals surface area contributed by atoms with E-state index in [9.17, 15) is 0 Å². The molecule has 0 saturated carbocycles. The largest absolute Gasteiger partial charge is 0.468 e. The van der Waals surface area contributed by atoms with Crippen molar-refractivity contribution >= 4 is 0 Å². The predicted molar refractivity (Wildman–Crippen MR) is 75.2 cm³/mol. The molecule has 1 rings (SSSR count). The highest BCUT2D eigenvalue weighted by molar-refractivity contribution is 5.20. The number of para-hydroxylation sites is 1. The first-order chi connectivity index (χ1) is 6.35. The van der Waals surface area contributed by atoms with Crippen LogP contribution in [0.25, 0.3) is 0 Å². The molecule has 0 spiro atoms. The van der Waals surface area contributed by atoms with E-state index in [0.29, 0.717) is 5.75 Å². The SMILES string of the molecule is C.C.C.C.COCO.OCOc1ccccc1. The normalized spacial score (nSPS) is 6.53. The molecule has 0 unspecified atom stereocenters. The minimum Gasteiger partial charge on any atom is -0.468 e. The molecule has 1 aromatic rings. The number of hydrogen-bond donors (Lipinski definition) is 2. The Morgan fingerprint density at radius 1 is 0.882 bits per heavy atom. The molecule has 0 saturated heterocycles. The first-order valence-corrected chi connectivity index (χ1v) is 3.73. The summed E-state index contributed by atoms with van der Waals surface area (Å²) in [5.74, 6) is 0.694. The standard InChI is InChI=1S/C7H8O2.C2H6O2.4CH4/c8-6-9-7-4-2-1-3-5-7;1-4-2-3;;;;/h1-5,8H,6H2;3H,2H2,1H3;4*1H4. The van der Waals surface area contributed by atoms with Gasteiger partial charge in [0, 0.05) is 7.11 Å². The van der Waals surface area contributed by atoms with Gasteiger partial charge in [0.25, 0.3) is 0 Å². The fourth-order valence-electron chi connectivity index (χ4n) is 0.591. The second-order valence-corrected chi connectivity index (χ2v) is 2.00. The smallest absolute Gasteiger partial charge is 0.186 e. The summed E-state index contributed by atoms with van der Waals surface area (Å²) in [6.07, 6.45) is 0. The summed E-state index contributed by atoms with van der Waals surface area (Å²) in [5.41, 5.74) is 0. The summed E-state index contributed by atoms with van der Waals surface area (Å²) in [4.78, 5) is 0. The van der Waals surface area contributed by atoms with Crippen molar-refractivity contribution in [3.63, 3.8) is 0 Å². The van der Waals surface area contributed by atoms with Crippen molar-refractivity contribution in [2.45, 2.75) is 29.7 Å². The zero-order chi connectivity index (χ0) is 9.94. The first kappa shape index (κ1) is 29.7. The molecule has 0 atom stereocenters. The molecule has 2 N–H and O–H groups in total. The Labute approximate surface area is 107 Å². The summed E-state index contributed by atoms with van der Waals surface area (Å²) in [6.45, 7) is -0.440. The molecule has 0 amide bonds. The minimum absolute atomic E-state index is 0. The van der Waals surface area contributed by atoms with Crippen LogP contribution in [-0.2, 0) is 4.74 Å². The highest BCUT2D eigenvalue weighted by Crippen LogP contribution is 2.06. The summed E-state index contributed by atoms with van der Waals surface area (Å²) in [7, 11) is 1.43. The third-order valence-electron chi connectivity index (χ3n) is 1.10. The third kappa shape index (κ3) is 20.9. The van der Waals surface area contributed by atoms with Gasteiger partial charge >= 0.3 is 0 Å². The number of rotatable bonds is 3. The van der Waals surface area contributed by atoms with E-state index in [4.69, 9.17) is 14.9 Å². The van der Waals surface area contributed by atoms with Crippen LogP contribution in [0.3, 0.4) is 0 Å². The topological polar surface area (TPSA) is 58.9 Å². The van der Waals surface area contributed by atoms with Crippen LogP contribution in [0.4, 0.5) is 0 Å². The monoisotopic (exact) mass is 250 g/mol. The Kier molecular flexibility index (Phi) is 42.3. The molecule has 4 nitrogen and oxygen atoms in total. The van der Waals surface area contributed by atoms with Crippen molar-refractivity contribution in [1.29, 1.82) is 0 Å². The summed E-state index contributed by atoms with van der Waals surface area (Å²) in [6, 6.07) is 9.17. The van der Waals surface area contributed by atoms with Gasteiger partial charge in [0.2, 0.25) is 0 Å². The second-order valence-electron chi connectivity index (χ2n) is 2.00. The lowest BCUT2D eigenvalue weighted by Crippen LogP contribution is -1.93. The Bertz CT molecular complexity index is 188. The number of benzene rings is 1. The molecule has 0 aromatic heterocycles. The first-order valence-electron chi connectivity index (χ1n) is 3.73. The van der Waals surface area contributed by atoms with E-state index in [1.807, 2.05) is 18.2 Å². The molecule has 1 aromatic carbocycles. The van der Waals surface area contributed by atoms with Gasteiger partial charge in [-0.05, 0) is 12.1 Å². The van der Waals surface area contributed by atoms with Crippen molar-refractivity contribution in [3.05, 3.63) is 30.3 Å². The molecule has 0 fully saturated rings. The molecular formula is C13H30O4. The Morgan fingerprint density at radius 2 is 1.29 bits per heavy atom. The average Bonchev–Trinajstić information content (AvgIpc) is 2.20. The van der Waals surface area contributed by atoms with Gasteiger partial charge in [-0.15, -0.1) is 0 Å². The Balaban J connectivity index is -0.0000000542. The van der Waals surface area contributed by atoms with Gasteiger partial charge in [-0.1, -0.05) is 47.9 Å². The summed E-state index contributed by atoms with van der Waals surface area (Å²) < 4.78 is 8.86. The molecule has 0 heterocycles. The lowest BCUT2D eigenvalue weighted by Gasteiger charge is -1.98. The van der Waals surface area contributed by atoms with Crippen LogP contribution in [0.1, 0.15) is 29.7 Å². The van der Waals surface area contributed by atoms with Crippen LogP contribution in [0.5, 0.6) is 5.75 Å². The second kappa shape index (κ2) is 24.2. The molecule has 0 bridgehead atoms. The van der Waals surface area contributed by atoms with Crippen molar-refractivity contribution in [1.82, 2.24) is 0 Å². The van der Waals surface area contributed by atoms with Crippen LogP contribution < -0.4 is 4.74 Å². The molecular weight excluding hydrogens is 220 g/mol. The van der Waals surface area contributed by atoms with E-state index in [0.717, 1.165) is 0 Å². The number of aliphatic hydroxyl groups is 2. The highest BCUT2D eigenvalue weighted by atomic mass is 16.6. The molecule has 0 aliphatic rings. The highest BCUT2D eigenvalue weighted by Gasteiger charge is 1.84. The van der Waals surface area contributed by atoms with E-state index in [2.05, 4.69) is 4.74 Å². The molecule has 17 heavy (non-hydrogen) atoms. The quantitative estimate of drug-likeness (QED) is 0.809. The minimum atomic E-state index is -0.260. The lowest BCUT2D eigenvalue weighted by molar-refractivity contribution is 0.0325. The van der Waals surface area contributed by atoms with E-state index >= 15 is 0 Å². The number of ether oxygens (including phenoxy) is 2. The number of aliphatic hydroxyl groups excluding tert-OH is 2. The van der Waals surface area contributed by atoms with Gasteiger partial charge in [-0.2, -0.15) is 0 Å². The van der Waals surface area contributed by atoms with Gasteiger partial charge in [-0.3, -0.25) is 0 Å². The van der Waals surface area contributed by atoms with Crippen molar-refractivity contribution in [3.8, 4) is 5.75 Å². The maximum Gasteiger partial charge on any atom is 0.186 e. The molecule has 106 valence electrons. The van der Waals surface area contributed by atoms with Gasteiger partial charge in [0.15, 0.2) is 6.79 Å². The van der Waals surface area contributed by atoms with Gasteiger partial charge < -0.3 is 19.7 Å². The molecule has 0 radical (unpaired) electrons. The van der Waals surface area contributed by atoms with Crippen LogP contribution in [0.2, 0.25) is 0 Å². The van der Waals surface area contributed by atoms with Crippen LogP contribution in [-0.4, -0.2) is 30.9 Å². The van der Waals surface area contributed by atoms with Gasteiger partial charge in [0.1, 0.15) is 12.5 Å². The van der Waals surface area contributed by atoms with E-state index in [1.165, 1.54) is 7.11 Å². The lowest BCUT2D eigenvalue weighted by atomic mass is 10.3. The average molecular weight is 250 g/mol. The molecule has 4 heteroatoms. The summed E-state index contributed by atoms with van der Waals surface area (Å²) >= 11 is 0. The van der Waals surface area contributed by atoms with Gasteiger partial charge in [-0.25, -0.2) is 0 Å².